The van der Waals surface area contributed by atoms with E-state index in [1.807, 2.05) is 6.07 Å². The highest BCUT2D eigenvalue weighted by Crippen LogP contribution is 2.29. The highest BCUT2D eigenvalue weighted by Gasteiger charge is 2.18. The van der Waals surface area contributed by atoms with Crippen LogP contribution in [-0.2, 0) is 0 Å². The molecular formula is C15H23ClN2O. The fourth-order valence-electron chi connectivity index (χ4n) is 2.59. The molecule has 2 unspecified atom stereocenters. The molecule has 2 rings (SSSR count). The molecule has 0 bridgehead atoms. The Morgan fingerprint density at radius 1 is 1.47 bits per heavy atom. The Morgan fingerprint density at radius 2 is 2.26 bits per heavy atom. The molecule has 19 heavy (non-hydrogen) atoms. The van der Waals surface area contributed by atoms with Gasteiger partial charge in [0.2, 0.25) is 0 Å². The summed E-state index contributed by atoms with van der Waals surface area (Å²) >= 11 is 5.63. The predicted octanol–water partition coefficient (Wildman–Crippen LogP) is 2.93. The second kappa shape index (κ2) is 7.01. The third-order valence-corrected chi connectivity index (χ3v) is 3.96. The molecule has 3 nitrogen and oxygen atoms in total. The summed E-state index contributed by atoms with van der Waals surface area (Å²) in [4.78, 5) is 2.43. The Kier molecular flexibility index (Phi) is 5.34. The Balaban J connectivity index is 2.07. The molecule has 0 amide bonds. The fraction of sp³-hybridized carbons (Fsp3) is 0.600. The molecule has 1 aromatic rings. The van der Waals surface area contributed by atoms with Crippen molar-refractivity contribution in [3.63, 3.8) is 0 Å². The summed E-state index contributed by atoms with van der Waals surface area (Å²) in [5.41, 5.74) is 2.32. The third-order valence-electron chi connectivity index (χ3n) is 3.61. The van der Waals surface area contributed by atoms with Crippen LogP contribution in [0.4, 0.5) is 11.4 Å². The average molecular weight is 283 g/mol. The lowest BCUT2D eigenvalue weighted by Gasteiger charge is -2.34. The van der Waals surface area contributed by atoms with Crippen LogP contribution in [0.25, 0.3) is 0 Å². The summed E-state index contributed by atoms with van der Waals surface area (Å²) in [5.74, 6) is 1.01. The van der Waals surface area contributed by atoms with Gasteiger partial charge in [0.1, 0.15) is 0 Å². The number of rotatable bonds is 5. The molecule has 1 aromatic carbocycles. The van der Waals surface area contributed by atoms with Gasteiger partial charge in [-0.25, -0.2) is 0 Å². The molecule has 0 aliphatic carbocycles. The third kappa shape index (κ3) is 4.02. The summed E-state index contributed by atoms with van der Waals surface area (Å²) in [6.45, 7) is 5.02. The number of nitrogens with one attached hydrogen (secondary N) is 1. The Hall–Kier alpha value is -0.930. The van der Waals surface area contributed by atoms with Gasteiger partial charge in [-0.3, -0.25) is 0 Å². The molecule has 1 fully saturated rings. The highest BCUT2D eigenvalue weighted by atomic mass is 35.5. The molecule has 0 radical (unpaired) electrons. The fourth-order valence-corrected chi connectivity index (χ4v) is 2.70. The molecule has 0 spiro atoms. The van der Waals surface area contributed by atoms with E-state index in [4.69, 9.17) is 11.6 Å². The van der Waals surface area contributed by atoms with Gasteiger partial charge < -0.3 is 15.3 Å². The SMILES string of the molecule is CC1CCCN(c2ccccc2NCC(O)CCl)C1. The van der Waals surface area contributed by atoms with Crippen molar-refractivity contribution in [1.29, 1.82) is 0 Å². The molecule has 1 heterocycles. The number of anilines is 2. The maximum absolute atomic E-state index is 9.55. The summed E-state index contributed by atoms with van der Waals surface area (Å²) < 4.78 is 0. The van der Waals surface area contributed by atoms with Gasteiger partial charge in [-0.2, -0.15) is 0 Å². The van der Waals surface area contributed by atoms with E-state index in [2.05, 4.69) is 35.3 Å². The van der Waals surface area contributed by atoms with Crippen LogP contribution in [0.15, 0.2) is 24.3 Å². The molecular weight excluding hydrogens is 260 g/mol. The lowest BCUT2D eigenvalue weighted by Crippen LogP contribution is -2.35. The van der Waals surface area contributed by atoms with Crippen LogP contribution >= 0.6 is 11.6 Å². The molecule has 106 valence electrons. The van der Waals surface area contributed by atoms with Crippen LogP contribution in [0.1, 0.15) is 19.8 Å². The number of hydrogen-bond donors (Lipinski definition) is 2. The van der Waals surface area contributed by atoms with Crippen molar-refractivity contribution < 1.29 is 5.11 Å². The van der Waals surface area contributed by atoms with Gasteiger partial charge in [0.15, 0.2) is 0 Å². The molecule has 2 atom stereocenters. The second-order valence-electron chi connectivity index (χ2n) is 5.40. The molecule has 2 N–H and O–H groups in total. The maximum atomic E-state index is 9.55. The monoisotopic (exact) mass is 282 g/mol. The Morgan fingerprint density at radius 3 is 3.00 bits per heavy atom. The zero-order valence-electron chi connectivity index (χ0n) is 11.5. The summed E-state index contributed by atoms with van der Waals surface area (Å²) in [6, 6.07) is 8.30. The number of para-hydroxylation sites is 2. The van der Waals surface area contributed by atoms with Gasteiger partial charge in [-0.1, -0.05) is 19.1 Å². The average Bonchev–Trinajstić information content (AvgIpc) is 2.45. The first-order valence-electron chi connectivity index (χ1n) is 7.02. The lowest BCUT2D eigenvalue weighted by molar-refractivity contribution is 0.211. The van der Waals surface area contributed by atoms with Crippen LogP contribution < -0.4 is 10.2 Å². The molecule has 0 saturated carbocycles. The standard InChI is InChI=1S/C15H23ClN2O/c1-12-5-4-8-18(11-12)15-7-3-2-6-14(15)17-10-13(19)9-16/h2-3,6-7,12-13,17,19H,4-5,8-11H2,1H3. The summed E-state index contributed by atoms with van der Waals surface area (Å²) in [5, 5.41) is 12.9. The van der Waals surface area contributed by atoms with E-state index in [1.165, 1.54) is 18.5 Å². The molecule has 4 heteroatoms. The smallest absolute Gasteiger partial charge is 0.0847 e. The van der Waals surface area contributed by atoms with E-state index in [-0.39, 0.29) is 5.88 Å². The van der Waals surface area contributed by atoms with Crippen molar-refractivity contribution in [3.05, 3.63) is 24.3 Å². The van der Waals surface area contributed by atoms with E-state index in [9.17, 15) is 5.11 Å². The van der Waals surface area contributed by atoms with Crippen molar-refractivity contribution in [2.24, 2.45) is 5.92 Å². The van der Waals surface area contributed by atoms with Crippen molar-refractivity contribution in [2.75, 3.05) is 35.7 Å². The largest absolute Gasteiger partial charge is 0.390 e. The van der Waals surface area contributed by atoms with Crippen LogP contribution in [-0.4, -0.2) is 36.7 Å². The number of benzene rings is 1. The first-order chi connectivity index (χ1) is 9.20. The van der Waals surface area contributed by atoms with Crippen LogP contribution in [0.3, 0.4) is 0 Å². The Labute approximate surface area is 120 Å². The highest BCUT2D eigenvalue weighted by molar-refractivity contribution is 6.18. The van der Waals surface area contributed by atoms with E-state index >= 15 is 0 Å². The van der Waals surface area contributed by atoms with Gasteiger partial charge in [0.05, 0.1) is 23.4 Å². The predicted molar refractivity (Wildman–Crippen MR) is 82.3 cm³/mol. The minimum atomic E-state index is -0.505. The van der Waals surface area contributed by atoms with Gasteiger partial charge in [-0.15, -0.1) is 11.6 Å². The van der Waals surface area contributed by atoms with E-state index in [0.717, 1.165) is 24.7 Å². The molecule has 1 aliphatic rings. The van der Waals surface area contributed by atoms with Crippen LogP contribution in [0, 0.1) is 5.92 Å². The Bertz CT molecular complexity index is 399. The second-order valence-corrected chi connectivity index (χ2v) is 5.71. The topological polar surface area (TPSA) is 35.5 Å². The van der Waals surface area contributed by atoms with Gasteiger partial charge in [0.25, 0.3) is 0 Å². The quantitative estimate of drug-likeness (QED) is 0.815. The number of halogens is 1. The van der Waals surface area contributed by atoms with Gasteiger partial charge in [-0.05, 0) is 30.9 Å². The lowest BCUT2D eigenvalue weighted by atomic mass is 9.99. The van der Waals surface area contributed by atoms with Crippen LogP contribution in [0.5, 0.6) is 0 Å². The van der Waals surface area contributed by atoms with Crippen molar-refractivity contribution in [3.8, 4) is 0 Å². The van der Waals surface area contributed by atoms with Crippen molar-refractivity contribution >= 4 is 23.0 Å². The normalized spacial score (nSPS) is 21.2. The molecule has 1 saturated heterocycles. The summed E-state index contributed by atoms with van der Waals surface area (Å²) in [6.07, 6.45) is 2.06. The number of aliphatic hydroxyl groups is 1. The number of aliphatic hydroxyl groups excluding tert-OH is 1. The maximum Gasteiger partial charge on any atom is 0.0847 e. The van der Waals surface area contributed by atoms with E-state index < -0.39 is 6.10 Å². The minimum Gasteiger partial charge on any atom is -0.390 e. The number of piperidine rings is 1. The van der Waals surface area contributed by atoms with Crippen LogP contribution in [0.2, 0.25) is 0 Å². The molecule has 1 aliphatic heterocycles. The number of hydrogen-bond acceptors (Lipinski definition) is 3. The summed E-state index contributed by atoms with van der Waals surface area (Å²) in [7, 11) is 0. The minimum absolute atomic E-state index is 0.260. The van der Waals surface area contributed by atoms with E-state index in [0.29, 0.717) is 6.54 Å². The van der Waals surface area contributed by atoms with E-state index in [1.54, 1.807) is 0 Å². The zero-order chi connectivity index (χ0) is 13.7. The first kappa shape index (κ1) is 14.5. The van der Waals surface area contributed by atoms with Gasteiger partial charge in [0, 0.05) is 19.6 Å². The van der Waals surface area contributed by atoms with Gasteiger partial charge >= 0.3 is 0 Å². The number of nitrogens with zero attached hydrogens (tertiary/aromatic N) is 1. The molecule has 0 aromatic heterocycles. The zero-order valence-corrected chi connectivity index (χ0v) is 12.2. The number of alkyl halides is 1. The first-order valence-corrected chi connectivity index (χ1v) is 7.56. The van der Waals surface area contributed by atoms with Crippen molar-refractivity contribution in [2.45, 2.75) is 25.9 Å². The van der Waals surface area contributed by atoms with Crippen molar-refractivity contribution in [1.82, 2.24) is 0 Å².